The average Bonchev–Trinajstić information content (AvgIpc) is 3.54. The molecule has 7 rings (SSSR count). The van der Waals surface area contributed by atoms with Crippen LogP contribution in [-0.4, -0.2) is 55.7 Å². The highest BCUT2D eigenvalue weighted by molar-refractivity contribution is 5.87. The molecule has 0 bridgehead atoms. The fraction of sp³-hybridized carbons (Fsp3) is 0.222. The summed E-state index contributed by atoms with van der Waals surface area (Å²) in [6.45, 7) is 0.540. The Kier molecular flexibility index (Phi) is 10.8. The van der Waals surface area contributed by atoms with Crippen LogP contribution in [0, 0.1) is 0 Å². The molecule has 0 aliphatic heterocycles. The fourth-order valence-corrected chi connectivity index (χ4v) is 7.41. The van der Waals surface area contributed by atoms with Crippen LogP contribution in [0.3, 0.4) is 0 Å². The van der Waals surface area contributed by atoms with E-state index in [1.807, 2.05) is 103 Å². The van der Waals surface area contributed by atoms with E-state index in [-0.39, 0.29) is 24.5 Å². The number of fused-ring (bicyclic) bond motifs is 4. The van der Waals surface area contributed by atoms with Crippen molar-refractivity contribution in [2.45, 2.75) is 37.8 Å². The van der Waals surface area contributed by atoms with Crippen molar-refractivity contribution in [3.8, 4) is 39.5 Å². The molecule has 1 amide bonds. The number of nitrogens with one attached hydrogen (secondary N) is 1. The number of nitrogens with zero attached hydrogens (tertiary/aromatic N) is 1. The van der Waals surface area contributed by atoms with Gasteiger partial charge in [-0.15, -0.1) is 0 Å². The maximum atomic E-state index is 14.0. The number of aromatic nitrogens is 1. The molecule has 10 heteroatoms. The molecule has 0 spiro atoms. The SMILES string of the molecule is COc1ccc(-c2cc3cc(OC)c(OC)cc3n(CCCc3ccc(C[C@H](NC(=O)OCC4c5ccccc5-c5ccccc54)C(=O)O)cc3)c2=O)cc1. The van der Waals surface area contributed by atoms with E-state index in [0.29, 0.717) is 42.2 Å². The van der Waals surface area contributed by atoms with E-state index in [1.54, 1.807) is 25.9 Å². The Morgan fingerprint density at radius 2 is 1.36 bits per heavy atom. The van der Waals surface area contributed by atoms with E-state index in [0.717, 1.165) is 49.8 Å². The third-order valence-electron chi connectivity index (χ3n) is 10.2. The van der Waals surface area contributed by atoms with Crippen LogP contribution in [0.1, 0.15) is 34.6 Å². The molecule has 280 valence electrons. The molecule has 1 aliphatic carbocycles. The second kappa shape index (κ2) is 16.2. The molecule has 1 heterocycles. The zero-order valence-electron chi connectivity index (χ0n) is 30.9. The van der Waals surface area contributed by atoms with Crippen LogP contribution in [0.15, 0.2) is 120 Å². The van der Waals surface area contributed by atoms with Crippen molar-refractivity contribution < 1.29 is 33.6 Å². The van der Waals surface area contributed by atoms with Gasteiger partial charge in [-0.1, -0.05) is 84.9 Å². The second-order valence-electron chi connectivity index (χ2n) is 13.5. The maximum absolute atomic E-state index is 14.0. The van der Waals surface area contributed by atoms with Crippen molar-refractivity contribution in [1.29, 1.82) is 0 Å². The summed E-state index contributed by atoms with van der Waals surface area (Å²) in [5, 5.41) is 13.3. The van der Waals surface area contributed by atoms with E-state index in [1.165, 1.54) is 0 Å². The summed E-state index contributed by atoms with van der Waals surface area (Å²) in [4.78, 5) is 39.1. The molecule has 0 saturated heterocycles. The van der Waals surface area contributed by atoms with Crippen molar-refractivity contribution >= 4 is 23.0 Å². The number of pyridine rings is 1. The highest BCUT2D eigenvalue weighted by Crippen LogP contribution is 2.44. The van der Waals surface area contributed by atoms with Crippen LogP contribution in [0.4, 0.5) is 4.79 Å². The first kappa shape index (κ1) is 36.8. The Morgan fingerprint density at radius 3 is 1.98 bits per heavy atom. The van der Waals surface area contributed by atoms with Crippen LogP contribution in [-0.2, 0) is 28.9 Å². The number of carbonyl (C=O) groups excluding carboxylic acids is 1. The Hall–Kier alpha value is -6.55. The number of rotatable bonds is 14. The van der Waals surface area contributed by atoms with Gasteiger partial charge < -0.3 is 33.9 Å². The van der Waals surface area contributed by atoms with E-state index in [9.17, 15) is 19.5 Å². The standard InChI is InChI=1S/C45H42N2O8/c1-52-32-20-18-30(19-21-32)37-24-31-25-41(53-2)42(54-3)26-40(31)47(43(37)48)22-8-9-28-14-16-29(17-15-28)23-39(44(49)50)46-45(51)55-27-38-35-12-6-4-10-33(35)34-11-5-7-13-36(34)38/h4-7,10-21,24-26,38-39H,8-9,22-23,27H2,1-3H3,(H,46,51)(H,49,50)/t39-/m0/s1. The van der Waals surface area contributed by atoms with Gasteiger partial charge in [-0.25, -0.2) is 9.59 Å². The van der Waals surface area contributed by atoms with Crippen molar-refractivity contribution in [3.05, 3.63) is 148 Å². The summed E-state index contributed by atoms with van der Waals surface area (Å²) in [5.41, 5.74) is 8.12. The number of alkyl carbamates (subject to hydrolysis) is 1. The van der Waals surface area contributed by atoms with Gasteiger partial charge in [0.05, 0.1) is 26.8 Å². The summed E-state index contributed by atoms with van der Waals surface area (Å²) >= 11 is 0. The maximum Gasteiger partial charge on any atom is 0.407 e. The third-order valence-corrected chi connectivity index (χ3v) is 10.2. The zero-order chi connectivity index (χ0) is 38.5. The first-order chi connectivity index (χ1) is 26.8. The average molecular weight is 739 g/mol. The van der Waals surface area contributed by atoms with Gasteiger partial charge >= 0.3 is 12.1 Å². The fourth-order valence-electron chi connectivity index (χ4n) is 7.41. The van der Waals surface area contributed by atoms with E-state index in [4.69, 9.17) is 18.9 Å². The Balaban J connectivity index is 1.00. The van der Waals surface area contributed by atoms with E-state index < -0.39 is 18.1 Å². The summed E-state index contributed by atoms with van der Waals surface area (Å²) in [6, 6.07) is 35.5. The number of hydrogen-bond acceptors (Lipinski definition) is 7. The predicted molar refractivity (Wildman–Crippen MR) is 211 cm³/mol. The number of hydrogen-bond donors (Lipinski definition) is 2. The minimum atomic E-state index is -1.17. The van der Waals surface area contributed by atoms with Crippen LogP contribution in [0.5, 0.6) is 17.2 Å². The zero-order valence-corrected chi connectivity index (χ0v) is 30.9. The molecule has 0 unspecified atom stereocenters. The van der Waals surface area contributed by atoms with Gasteiger partial charge in [0, 0.05) is 35.9 Å². The lowest BCUT2D eigenvalue weighted by atomic mass is 9.98. The number of carboxylic acid groups (broad SMARTS) is 1. The topological polar surface area (TPSA) is 125 Å². The summed E-state index contributed by atoms with van der Waals surface area (Å²) in [5.74, 6) is 0.521. The molecule has 10 nitrogen and oxygen atoms in total. The quantitative estimate of drug-likeness (QED) is 0.116. The lowest BCUT2D eigenvalue weighted by Gasteiger charge is -2.18. The first-order valence-electron chi connectivity index (χ1n) is 18.1. The number of methoxy groups -OCH3 is 3. The van der Waals surface area contributed by atoms with Gasteiger partial charge in [0.1, 0.15) is 18.4 Å². The molecule has 0 saturated carbocycles. The Bertz CT molecular complexity index is 2360. The summed E-state index contributed by atoms with van der Waals surface area (Å²) < 4.78 is 23.8. The van der Waals surface area contributed by atoms with Gasteiger partial charge in [0.2, 0.25) is 0 Å². The molecule has 1 aromatic heterocycles. The summed E-state index contributed by atoms with van der Waals surface area (Å²) in [6.07, 6.45) is 0.649. The second-order valence-corrected chi connectivity index (χ2v) is 13.5. The lowest BCUT2D eigenvalue weighted by molar-refractivity contribution is -0.139. The summed E-state index contributed by atoms with van der Waals surface area (Å²) in [7, 11) is 4.75. The monoisotopic (exact) mass is 738 g/mol. The number of aryl methyl sites for hydroxylation is 2. The van der Waals surface area contributed by atoms with Gasteiger partial charge in [-0.2, -0.15) is 0 Å². The molecule has 0 radical (unpaired) electrons. The Morgan fingerprint density at radius 1 is 0.745 bits per heavy atom. The molecule has 0 fully saturated rings. The molecule has 1 aliphatic rings. The first-order valence-corrected chi connectivity index (χ1v) is 18.1. The Labute approximate surface area is 318 Å². The van der Waals surface area contributed by atoms with Crippen molar-refractivity contribution in [3.63, 3.8) is 0 Å². The normalized spacial score (nSPS) is 12.4. The molecule has 55 heavy (non-hydrogen) atoms. The highest BCUT2D eigenvalue weighted by atomic mass is 16.5. The largest absolute Gasteiger partial charge is 0.497 e. The predicted octanol–water partition coefficient (Wildman–Crippen LogP) is 7.86. The molecule has 6 aromatic rings. The van der Waals surface area contributed by atoms with Crippen LogP contribution >= 0.6 is 0 Å². The minimum Gasteiger partial charge on any atom is -0.497 e. The van der Waals surface area contributed by atoms with Gasteiger partial charge in [0.15, 0.2) is 11.5 Å². The number of aliphatic carboxylic acids is 1. The molecular weight excluding hydrogens is 697 g/mol. The van der Waals surface area contributed by atoms with Crippen molar-refractivity contribution in [2.24, 2.45) is 0 Å². The van der Waals surface area contributed by atoms with Crippen LogP contribution in [0.2, 0.25) is 0 Å². The smallest absolute Gasteiger partial charge is 0.407 e. The van der Waals surface area contributed by atoms with Crippen LogP contribution in [0.25, 0.3) is 33.2 Å². The number of amides is 1. The molecule has 5 aromatic carbocycles. The number of carboxylic acids is 1. The van der Waals surface area contributed by atoms with Gasteiger partial charge in [0.25, 0.3) is 5.56 Å². The van der Waals surface area contributed by atoms with Gasteiger partial charge in [-0.3, -0.25) is 4.79 Å². The van der Waals surface area contributed by atoms with E-state index in [2.05, 4.69) is 17.4 Å². The van der Waals surface area contributed by atoms with Crippen molar-refractivity contribution in [2.75, 3.05) is 27.9 Å². The highest BCUT2D eigenvalue weighted by Gasteiger charge is 2.30. The minimum absolute atomic E-state index is 0.0879. The number of benzene rings is 5. The third kappa shape index (κ3) is 7.75. The van der Waals surface area contributed by atoms with Crippen LogP contribution < -0.4 is 25.1 Å². The molecular formula is C45H42N2O8. The lowest BCUT2D eigenvalue weighted by Crippen LogP contribution is -2.42. The van der Waals surface area contributed by atoms with Gasteiger partial charge in [-0.05, 0) is 76.1 Å². The molecule has 1 atom stereocenters. The van der Waals surface area contributed by atoms with E-state index >= 15 is 0 Å². The van der Waals surface area contributed by atoms with Crippen molar-refractivity contribution in [1.82, 2.24) is 9.88 Å². The number of carbonyl (C=O) groups is 2. The number of ether oxygens (including phenoxy) is 4. The molecule has 2 N–H and O–H groups in total.